The van der Waals surface area contributed by atoms with Gasteiger partial charge < -0.3 is 5.11 Å². The van der Waals surface area contributed by atoms with E-state index >= 15 is 0 Å². The van der Waals surface area contributed by atoms with Crippen molar-refractivity contribution in [2.45, 2.75) is 45.1 Å². The van der Waals surface area contributed by atoms with E-state index in [1.165, 1.54) is 0 Å². The summed E-state index contributed by atoms with van der Waals surface area (Å²) >= 11 is 0. The first kappa shape index (κ1) is 15.1. The Labute approximate surface area is 109 Å². The highest BCUT2D eigenvalue weighted by Gasteiger charge is 2.15. The maximum absolute atomic E-state index is 11.9. The van der Waals surface area contributed by atoms with Crippen molar-refractivity contribution in [2.75, 3.05) is 0 Å². The van der Waals surface area contributed by atoms with E-state index in [9.17, 15) is 8.42 Å². The molecule has 18 heavy (non-hydrogen) atoms. The lowest BCUT2D eigenvalue weighted by atomic mass is 10.2. The Morgan fingerprint density at radius 2 is 1.61 bits per heavy atom. The van der Waals surface area contributed by atoms with Gasteiger partial charge in [-0.3, -0.25) is 0 Å². The van der Waals surface area contributed by atoms with Gasteiger partial charge in [-0.25, -0.2) is 13.1 Å². The van der Waals surface area contributed by atoms with Crippen LogP contribution in [-0.2, 0) is 22.4 Å². The second-order valence-electron chi connectivity index (χ2n) is 4.36. The molecule has 0 amide bonds. The molecule has 0 unspecified atom stereocenters. The Morgan fingerprint density at radius 3 is 2.06 bits per heavy atom. The molecule has 0 bridgehead atoms. The maximum Gasteiger partial charge on any atom is 0.216 e. The number of hydrogen-bond donors (Lipinski definition) is 2. The minimum absolute atomic E-state index is 0.00622. The molecule has 1 rings (SSSR count). The number of aliphatic hydroxyl groups is 1. The number of aliphatic hydroxyl groups excluding tert-OH is 1. The Hall–Kier alpha value is -0.910. The van der Waals surface area contributed by atoms with E-state index in [2.05, 4.69) is 4.72 Å². The van der Waals surface area contributed by atoms with Crippen molar-refractivity contribution >= 4 is 10.0 Å². The molecule has 102 valence electrons. The van der Waals surface area contributed by atoms with Crippen molar-refractivity contribution in [2.24, 2.45) is 0 Å². The smallest absolute Gasteiger partial charge is 0.216 e. The van der Waals surface area contributed by atoms with E-state index in [1.54, 1.807) is 24.3 Å². The molecule has 0 aromatic heterocycles. The minimum Gasteiger partial charge on any atom is -0.392 e. The molecule has 1 aromatic rings. The van der Waals surface area contributed by atoms with E-state index in [0.29, 0.717) is 0 Å². The molecule has 0 aliphatic rings. The average molecular weight is 271 g/mol. The van der Waals surface area contributed by atoms with Gasteiger partial charge in [0, 0.05) is 6.04 Å². The summed E-state index contributed by atoms with van der Waals surface area (Å²) in [7, 11) is -3.29. The number of benzene rings is 1. The molecule has 4 nitrogen and oxygen atoms in total. The van der Waals surface area contributed by atoms with Gasteiger partial charge in [0.15, 0.2) is 0 Å². The standard InChI is InChI=1S/C13H21NO3S/c1-3-13(4-2)14-18(16,17)10-12-7-5-11(9-15)6-8-12/h5-8,13-15H,3-4,9-10H2,1-2H3. The van der Waals surface area contributed by atoms with Crippen molar-refractivity contribution in [1.29, 1.82) is 0 Å². The van der Waals surface area contributed by atoms with Crippen LogP contribution in [0, 0.1) is 0 Å². The van der Waals surface area contributed by atoms with Crippen LogP contribution in [0.5, 0.6) is 0 Å². The molecule has 0 heterocycles. The molecule has 0 aliphatic carbocycles. The third-order valence-corrected chi connectivity index (χ3v) is 4.30. The van der Waals surface area contributed by atoms with Crippen LogP contribution in [-0.4, -0.2) is 19.6 Å². The zero-order valence-corrected chi connectivity index (χ0v) is 11.7. The van der Waals surface area contributed by atoms with Crippen molar-refractivity contribution in [3.63, 3.8) is 0 Å². The Kier molecular flexibility index (Phi) is 5.78. The second kappa shape index (κ2) is 6.87. The van der Waals surface area contributed by atoms with Crippen molar-refractivity contribution in [3.8, 4) is 0 Å². The van der Waals surface area contributed by atoms with E-state index in [-0.39, 0.29) is 18.4 Å². The number of hydrogen-bond acceptors (Lipinski definition) is 3. The average Bonchev–Trinajstić information content (AvgIpc) is 2.36. The van der Waals surface area contributed by atoms with Crippen LogP contribution in [0.3, 0.4) is 0 Å². The molecule has 5 heteroatoms. The molecule has 2 N–H and O–H groups in total. The Balaban J connectivity index is 2.69. The number of nitrogens with one attached hydrogen (secondary N) is 1. The van der Waals surface area contributed by atoms with Gasteiger partial charge in [0.1, 0.15) is 0 Å². The highest BCUT2D eigenvalue weighted by atomic mass is 32.2. The first-order chi connectivity index (χ1) is 8.50. The third kappa shape index (κ3) is 4.76. The van der Waals surface area contributed by atoms with E-state index in [0.717, 1.165) is 24.0 Å². The van der Waals surface area contributed by atoms with E-state index in [1.807, 2.05) is 13.8 Å². The first-order valence-electron chi connectivity index (χ1n) is 6.19. The van der Waals surface area contributed by atoms with Gasteiger partial charge in [-0.05, 0) is 24.0 Å². The van der Waals surface area contributed by atoms with Crippen LogP contribution < -0.4 is 4.72 Å². The lowest BCUT2D eigenvalue weighted by Gasteiger charge is -2.15. The number of sulfonamides is 1. The lowest BCUT2D eigenvalue weighted by molar-refractivity contribution is 0.282. The molecule has 1 aromatic carbocycles. The van der Waals surface area contributed by atoms with Crippen LogP contribution in [0.25, 0.3) is 0 Å². The van der Waals surface area contributed by atoms with Crippen LogP contribution in [0.4, 0.5) is 0 Å². The van der Waals surface area contributed by atoms with Crippen LogP contribution in [0.1, 0.15) is 37.8 Å². The van der Waals surface area contributed by atoms with Gasteiger partial charge in [0.05, 0.1) is 12.4 Å². The fourth-order valence-electron chi connectivity index (χ4n) is 1.71. The normalized spacial score (nSPS) is 12.0. The summed E-state index contributed by atoms with van der Waals surface area (Å²) in [6, 6.07) is 6.95. The predicted molar refractivity (Wildman–Crippen MR) is 72.5 cm³/mol. The topological polar surface area (TPSA) is 66.4 Å². The highest BCUT2D eigenvalue weighted by Crippen LogP contribution is 2.09. The zero-order valence-electron chi connectivity index (χ0n) is 10.9. The van der Waals surface area contributed by atoms with Crippen LogP contribution >= 0.6 is 0 Å². The minimum atomic E-state index is -3.29. The van der Waals surface area contributed by atoms with Gasteiger partial charge in [-0.15, -0.1) is 0 Å². The van der Waals surface area contributed by atoms with Gasteiger partial charge in [0.25, 0.3) is 0 Å². The molecule has 0 fully saturated rings. The summed E-state index contributed by atoms with van der Waals surface area (Å²) < 4.78 is 26.5. The summed E-state index contributed by atoms with van der Waals surface area (Å²) in [5.74, 6) is -0.0186. The fourth-order valence-corrected chi connectivity index (χ4v) is 3.27. The fraction of sp³-hybridized carbons (Fsp3) is 0.538. The summed E-state index contributed by atoms with van der Waals surface area (Å²) in [5.41, 5.74) is 1.51. The van der Waals surface area contributed by atoms with E-state index < -0.39 is 10.0 Å². The molecule has 0 aliphatic heterocycles. The molecule has 0 saturated carbocycles. The SMILES string of the molecule is CCC(CC)NS(=O)(=O)Cc1ccc(CO)cc1. The van der Waals surface area contributed by atoms with Crippen LogP contribution in [0.2, 0.25) is 0 Å². The van der Waals surface area contributed by atoms with Gasteiger partial charge in [-0.2, -0.15) is 0 Å². The first-order valence-corrected chi connectivity index (χ1v) is 7.84. The van der Waals surface area contributed by atoms with Gasteiger partial charge in [-0.1, -0.05) is 38.1 Å². The maximum atomic E-state index is 11.9. The summed E-state index contributed by atoms with van der Waals surface area (Å²) in [6.07, 6.45) is 1.58. The van der Waals surface area contributed by atoms with Crippen molar-refractivity contribution < 1.29 is 13.5 Å². The lowest BCUT2D eigenvalue weighted by Crippen LogP contribution is -2.34. The summed E-state index contributed by atoms with van der Waals surface area (Å²) in [5, 5.41) is 8.91. The molecule has 0 saturated heterocycles. The predicted octanol–water partition coefficient (Wildman–Crippen LogP) is 1.79. The Morgan fingerprint density at radius 1 is 1.11 bits per heavy atom. The number of rotatable bonds is 7. The quantitative estimate of drug-likeness (QED) is 0.794. The van der Waals surface area contributed by atoms with Gasteiger partial charge >= 0.3 is 0 Å². The van der Waals surface area contributed by atoms with Gasteiger partial charge in [0.2, 0.25) is 10.0 Å². The second-order valence-corrected chi connectivity index (χ2v) is 6.12. The Bertz CT molecular complexity index is 450. The molecule has 0 spiro atoms. The summed E-state index contributed by atoms with van der Waals surface area (Å²) in [4.78, 5) is 0. The zero-order chi connectivity index (χ0) is 13.6. The molecular weight excluding hydrogens is 250 g/mol. The van der Waals surface area contributed by atoms with Crippen LogP contribution in [0.15, 0.2) is 24.3 Å². The molecular formula is C13H21NO3S. The third-order valence-electron chi connectivity index (χ3n) is 2.89. The largest absolute Gasteiger partial charge is 0.392 e. The highest BCUT2D eigenvalue weighted by molar-refractivity contribution is 7.88. The monoisotopic (exact) mass is 271 g/mol. The molecule has 0 atom stereocenters. The van der Waals surface area contributed by atoms with Crippen molar-refractivity contribution in [1.82, 2.24) is 4.72 Å². The molecule has 0 radical (unpaired) electrons. The van der Waals surface area contributed by atoms with E-state index in [4.69, 9.17) is 5.11 Å². The summed E-state index contributed by atoms with van der Waals surface area (Å²) in [6.45, 7) is 3.90. The van der Waals surface area contributed by atoms with Crippen molar-refractivity contribution in [3.05, 3.63) is 35.4 Å².